The number of hydrogen-bond donors (Lipinski definition) is 2. The number of anilines is 1. The zero-order chi connectivity index (χ0) is 23.9. The third kappa shape index (κ3) is 7.41. The van der Waals surface area contributed by atoms with Crippen molar-refractivity contribution in [2.45, 2.75) is 44.9 Å². The van der Waals surface area contributed by atoms with Crippen LogP contribution in [0.25, 0.3) is 0 Å². The Labute approximate surface area is 188 Å². The molecule has 174 valence electrons. The van der Waals surface area contributed by atoms with Gasteiger partial charge in [-0.15, -0.1) is 10.2 Å². The summed E-state index contributed by atoms with van der Waals surface area (Å²) in [6.45, 7) is 3.66. The first-order valence-electron chi connectivity index (χ1n) is 9.95. The van der Waals surface area contributed by atoms with Gasteiger partial charge in [0.25, 0.3) is 5.91 Å². The van der Waals surface area contributed by atoms with E-state index in [4.69, 9.17) is 5.73 Å². The fourth-order valence-electron chi connectivity index (χ4n) is 2.64. The van der Waals surface area contributed by atoms with Crippen molar-refractivity contribution < 1.29 is 22.8 Å². The lowest BCUT2D eigenvalue weighted by Crippen LogP contribution is -2.47. The molecular weight excluding hydrogens is 443 g/mol. The number of nitrogens with one attached hydrogen (secondary N) is 1. The van der Waals surface area contributed by atoms with Crippen molar-refractivity contribution >= 4 is 28.3 Å². The van der Waals surface area contributed by atoms with Crippen molar-refractivity contribution in [2.24, 2.45) is 11.7 Å². The maximum absolute atomic E-state index is 12.7. The first kappa shape index (κ1) is 25.5. The quantitative estimate of drug-likeness (QED) is 0.550. The third-order valence-corrected chi connectivity index (χ3v) is 5.73. The molecule has 2 rings (SSSR count). The molecule has 1 aromatic carbocycles. The number of carbonyl (C=O) groups excluding carboxylic acids is 2. The standard InChI is InChI=1S/C21H26F3N5O2S/c1-13(2)17(25)18(31)26-15(10-9-14-7-5-4-6-8-14)11-12-16(30)29(3)20-28-27-19(32-20)21(22,23)24/h4-8,11-13,15,17H,9-10,25H2,1-3H3,(H,26,31)/b12-11+/t15-,17-/m0/s1. The van der Waals surface area contributed by atoms with Crippen LogP contribution in [-0.4, -0.2) is 41.1 Å². The van der Waals surface area contributed by atoms with Crippen molar-refractivity contribution in [3.05, 3.63) is 53.1 Å². The first-order chi connectivity index (χ1) is 15.0. The minimum Gasteiger partial charge on any atom is -0.349 e. The van der Waals surface area contributed by atoms with Gasteiger partial charge in [-0.2, -0.15) is 13.2 Å². The predicted molar refractivity (Wildman–Crippen MR) is 117 cm³/mol. The molecule has 2 aromatic rings. The van der Waals surface area contributed by atoms with E-state index < -0.39 is 29.2 Å². The SMILES string of the molecule is CC(C)[C@H](N)C(=O)N[C@H](/C=C/C(=O)N(C)c1nnc(C(F)(F)F)s1)CCc1ccccc1. The first-order valence-corrected chi connectivity index (χ1v) is 10.8. The number of likely N-dealkylation sites (N-methyl/N-ethyl adjacent to an activating group) is 1. The van der Waals surface area contributed by atoms with Gasteiger partial charge >= 0.3 is 6.18 Å². The number of carbonyl (C=O) groups is 2. The summed E-state index contributed by atoms with van der Waals surface area (Å²) < 4.78 is 38.2. The molecule has 2 atom stereocenters. The van der Waals surface area contributed by atoms with Gasteiger partial charge in [-0.25, -0.2) is 0 Å². The van der Waals surface area contributed by atoms with Gasteiger partial charge in [0.15, 0.2) is 0 Å². The van der Waals surface area contributed by atoms with Crippen LogP contribution in [0.1, 0.15) is 30.8 Å². The molecule has 0 aliphatic carbocycles. The van der Waals surface area contributed by atoms with Crippen LogP contribution in [0.2, 0.25) is 0 Å². The van der Waals surface area contributed by atoms with E-state index in [9.17, 15) is 22.8 Å². The normalized spacial score (nSPS) is 13.9. The Hall–Kier alpha value is -2.79. The Balaban J connectivity index is 2.10. The van der Waals surface area contributed by atoms with Crippen molar-refractivity contribution in [3.63, 3.8) is 0 Å². The second kappa shape index (κ2) is 11.2. The molecule has 32 heavy (non-hydrogen) atoms. The van der Waals surface area contributed by atoms with Gasteiger partial charge in [0, 0.05) is 19.2 Å². The van der Waals surface area contributed by atoms with Crippen molar-refractivity contribution in [1.82, 2.24) is 15.5 Å². The zero-order valence-electron chi connectivity index (χ0n) is 18.0. The molecule has 2 amide bonds. The highest BCUT2D eigenvalue weighted by atomic mass is 32.1. The van der Waals surface area contributed by atoms with E-state index >= 15 is 0 Å². The van der Waals surface area contributed by atoms with E-state index in [0.29, 0.717) is 12.8 Å². The lowest BCUT2D eigenvalue weighted by molar-refractivity contribution is -0.138. The molecule has 7 nitrogen and oxygen atoms in total. The molecular formula is C21H26F3N5O2S. The fourth-order valence-corrected chi connectivity index (χ4v) is 3.31. The fraction of sp³-hybridized carbons (Fsp3) is 0.429. The Morgan fingerprint density at radius 1 is 1.22 bits per heavy atom. The summed E-state index contributed by atoms with van der Waals surface area (Å²) in [6.07, 6.45) is -0.769. The van der Waals surface area contributed by atoms with Crippen LogP contribution in [0.15, 0.2) is 42.5 Å². The molecule has 3 N–H and O–H groups in total. The highest BCUT2D eigenvalue weighted by Gasteiger charge is 2.36. The van der Waals surface area contributed by atoms with Crippen LogP contribution in [0.4, 0.5) is 18.3 Å². The lowest BCUT2D eigenvalue weighted by Gasteiger charge is -2.20. The maximum atomic E-state index is 12.7. The van der Waals surface area contributed by atoms with E-state index in [1.165, 1.54) is 19.2 Å². The summed E-state index contributed by atoms with van der Waals surface area (Å²) in [6, 6.07) is 8.42. The number of aromatic nitrogens is 2. The number of hydrogen-bond acceptors (Lipinski definition) is 6. The average molecular weight is 470 g/mol. The predicted octanol–water partition coefficient (Wildman–Crippen LogP) is 3.18. The smallest absolute Gasteiger partial charge is 0.349 e. The van der Waals surface area contributed by atoms with Gasteiger partial charge in [-0.05, 0) is 24.3 Å². The van der Waals surface area contributed by atoms with Gasteiger partial charge in [0.2, 0.25) is 16.0 Å². The molecule has 0 radical (unpaired) electrons. The van der Waals surface area contributed by atoms with E-state index in [1.54, 1.807) is 0 Å². The topological polar surface area (TPSA) is 101 Å². The highest BCUT2D eigenvalue weighted by molar-refractivity contribution is 7.15. The minimum atomic E-state index is -4.63. The van der Waals surface area contributed by atoms with Crippen LogP contribution in [0.3, 0.4) is 0 Å². The number of rotatable bonds is 9. The second-order valence-corrected chi connectivity index (χ2v) is 8.51. The van der Waals surface area contributed by atoms with Crippen molar-refractivity contribution in [2.75, 3.05) is 11.9 Å². The van der Waals surface area contributed by atoms with Crippen molar-refractivity contribution in [1.29, 1.82) is 0 Å². The molecule has 0 fully saturated rings. The van der Waals surface area contributed by atoms with Crippen LogP contribution >= 0.6 is 11.3 Å². The molecule has 1 aromatic heterocycles. The van der Waals surface area contributed by atoms with Crippen molar-refractivity contribution in [3.8, 4) is 0 Å². The Kier molecular flexibility index (Phi) is 8.90. The number of benzene rings is 1. The molecule has 0 aliphatic heterocycles. The third-order valence-electron chi connectivity index (χ3n) is 4.68. The molecule has 11 heteroatoms. The van der Waals surface area contributed by atoms with Gasteiger partial charge < -0.3 is 11.1 Å². The number of aryl methyl sites for hydroxylation is 1. The van der Waals surface area contributed by atoms with Crippen LogP contribution in [0, 0.1) is 5.92 Å². The van der Waals surface area contributed by atoms with Crippen LogP contribution in [0.5, 0.6) is 0 Å². The maximum Gasteiger partial charge on any atom is 0.445 e. The van der Waals surface area contributed by atoms with E-state index in [-0.39, 0.29) is 28.3 Å². The van der Waals surface area contributed by atoms with E-state index in [0.717, 1.165) is 10.5 Å². The monoisotopic (exact) mass is 469 g/mol. The van der Waals surface area contributed by atoms with Crippen LogP contribution in [-0.2, 0) is 22.2 Å². The summed E-state index contributed by atoms with van der Waals surface area (Å²) in [5, 5.41) is 8.03. The van der Waals surface area contributed by atoms with E-state index in [2.05, 4.69) is 15.5 Å². The molecule has 0 spiro atoms. The van der Waals surface area contributed by atoms with Gasteiger partial charge in [-0.1, -0.05) is 61.6 Å². The minimum absolute atomic E-state index is 0.0678. The highest BCUT2D eigenvalue weighted by Crippen LogP contribution is 2.34. The Morgan fingerprint density at radius 3 is 2.44 bits per heavy atom. The molecule has 0 saturated heterocycles. The number of nitrogens with two attached hydrogens (primary N) is 1. The molecule has 0 bridgehead atoms. The number of halogens is 3. The number of alkyl halides is 3. The van der Waals surface area contributed by atoms with Gasteiger partial charge in [-0.3, -0.25) is 14.5 Å². The summed E-state index contributed by atoms with van der Waals surface area (Å²) in [5.41, 5.74) is 6.98. The summed E-state index contributed by atoms with van der Waals surface area (Å²) in [7, 11) is 1.31. The van der Waals surface area contributed by atoms with Gasteiger partial charge in [0.05, 0.1) is 6.04 Å². The van der Waals surface area contributed by atoms with E-state index in [1.807, 2.05) is 44.2 Å². The Bertz CT molecular complexity index is 931. The zero-order valence-corrected chi connectivity index (χ0v) is 18.8. The molecule has 1 heterocycles. The van der Waals surface area contributed by atoms with Crippen LogP contribution < -0.4 is 16.0 Å². The average Bonchev–Trinajstić information content (AvgIpc) is 3.25. The Morgan fingerprint density at radius 2 is 1.88 bits per heavy atom. The summed E-state index contributed by atoms with van der Waals surface area (Å²) >= 11 is 0.274. The summed E-state index contributed by atoms with van der Waals surface area (Å²) in [4.78, 5) is 25.9. The van der Waals surface area contributed by atoms with Gasteiger partial charge in [0.1, 0.15) is 0 Å². The molecule has 0 saturated carbocycles. The molecule has 0 aliphatic rings. The summed E-state index contributed by atoms with van der Waals surface area (Å²) in [5.74, 6) is -1.01. The number of amides is 2. The largest absolute Gasteiger partial charge is 0.445 e. The number of nitrogens with zero attached hydrogens (tertiary/aromatic N) is 3. The second-order valence-electron chi connectivity index (χ2n) is 7.55. The molecule has 0 unspecified atom stereocenters. The lowest BCUT2D eigenvalue weighted by atomic mass is 10.0.